The van der Waals surface area contributed by atoms with Gasteiger partial charge < -0.3 is 15.7 Å². The van der Waals surface area contributed by atoms with Gasteiger partial charge in [0.2, 0.25) is 11.8 Å². The SMILES string of the molecule is NC(=O)CSCCC(=O)N(CCO)C1CCC1. The second-order valence-corrected chi connectivity index (χ2v) is 5.27. The molecule has 5 nitrogen and oxygen atoms in total. The van der Waals surface area contributed by atoms with Crippen LogP contribution in [0.3, 0.4) is 0 Å². The third-order valence-corrected chi connectivity index (χ3v) is 3.86. The first kappa shape index (κ1) is 14.3. The van der Waals surface area contributed by atoms with Crippen LogP contribution in [0, 0.1) is 0 Å². The lowest BCUT2D eigenvalue weighted by molar-refractivity contribution is -0.135. The van der Waals surface area contributed by atoms with Crippen LogP contribution in [0.25, 0.3) is 0 Å². The quantitative estimate of drug-likeness (QED) is 0.600. The third kappa shape index (κ3) is 4.95. The lowest BCUT2D eigenvalue weighted by atomic mass is 9.91. The highest BCUT2D eigenvalue weighted by molar-refractivity contribution is 7.99. The molecule has 0 saturated heterocycles. The summed E-state index contributed by atoms with van der Waals surface area (Å²) in [6, 6.07) is 0.316. The molecule has 0 aromatic carbocycles. The molecule has 0 spiro atoms. The summed E-state index contributed by atoms with van der Waals surface area (Å²) in [5.74, 6) is 0.585. The number of aliphatic hydroxyl groups excluding tert-OH is 1. The van der Waals surface area contributed by atoms with Crippen LogP contribution in [-0.4, -0.2) is 52.5 Å². The van der Waals surface area contributed by atoms with E-state index in [1.165, 1.54) is 11.8 Å². The van der Waals surface area contributed by atoms with Crippen LogP contribution in [0.2, 0.25) is 0 Å². The van der Waals surface area contributed by atoms with Gasteiger partial charge in [0.1, 0.15) is 0 Å². The summed E-state index contributed by atoms with van der Waals surface area (Å²) in [7, 11) is 0. The molecule has 0 heterocycles. The number of carbonyl (C=O) groups excluding carboxylic acids is 2. The summed E-state index contributed by atoms with van der Waals surface area (Å²) < 4.78 is 0. The van der Waals surface area contributed by atoms with E-state index in [1.807, 2.05) is 0 Å². The van der Waals surface area contributed by atoms with Gasteiger partial charge in [0.15, 0.2) is 0 Å². The molecular formula is C11H20N2O3S. The van der Waals surface area contributed by atoms with Crippen molar-refractivity contribution in [3.05, 3.63) is 0 Å². The van der Waals surface area contributed by atoms with E-state index >= 15 is 0 Å². The smallest absolute Gasteiger partial charge is 0.227 e. The van der Waals surface area contributed by atoms with Gasteiger partial charge in [0.05, 0.1) is 12.4 Å². The van der Waals surface area contributed by atoms with Crippen molar-refractivity contribution < 1.29 is 14.7 Å². The van der Waals surface area contributed by atoms with Crippen LogP contribution >= 0.6 is 11.8 Å². The number of carbonyl (C=O) groups is 2. The van der Waals surface area contributed by atoms with Crippen molar-refractivity contribution >= 4 is 23.6 Å². The van der Waals surface area contributed by atoms with Crippen LogP contribution < -0.4 is 5.73 Å². The van der Waals surface area contributed by atoms with Gasteiger partial charge >= 0.3 is 0 Å². The summed E-state index contributed by atoms with van der Waals surface area (Å²) in [5, 5.41) is 8.94. The Morgan fingerprint density at radius 3 is 2.59 bits per heavy atom. The zero-order valence-electron chi connectivity index (χ0n) is 9.93. The van der Waals surface area contributed by atoms with Gasteiger partial charge in [-0.25, -0.2) is 0 Å². The first-order valence-corrected chi connectivity index (χ1v) is 7.07. The number of hydrogen-bond donors (Lipinski definition) is 2. The fourth-order valence-electron chi connectivity index (χ4n) is 1.79. The fraction of sp³-hybridized carbons (Fsp3) is 0.818. The molecule has 1 rings (SSSR count). The lowest BCUT2D eigenvalue weighted by Gasteiger charge is -2.37. The van der Waals surface area contributed by atoms with Gasteiger partial charge in [-0.2, -0.15) is 11.8 Å². The van der Waals surface area contributed by atoms with E-state index in [0.717, 1.165) is 19.3 Å². The predicted octanol–water partition coefficient (Wildman–Crippen LogP) is -0.0316. The van der Waals surface area contributed by atoms with Crippen molar-refractivity contribution in [3.8, 4) is 0 Å². The van der Waals surface area contributed by atoms with E-state index < -0.39 is 0 Å². The molecule has 3 N–H and O–H groups in total. The van der Waals surface area contributed by atoms with E-state index in [-0.39, 0.29) is 24.2 Å². The summed E-state index contributed by atoms with van der Waals surface area (Å²) in [5.41, 5.74) is 5.01. The number of hydrogen-bond acceptors (Lipinski definition) is 4. The Hall–Kier alpha value is -0.750. The Bertz CT molecular complexity index is 269. The molecule has 1 saturated carbocycles. The van der Waals surface area contributed by atoms with E-state index in [4.69, 9.17) is 10.8 Å². The highest BCUT2D eigenvalue weighted by atomic mass is 32.2. The second-order valence-electron chi connectivity index (χ2n) is 4.16. The van der Waals surface area contributed by atoms with E-state index in [1.54, 1.807) is 4.90 Å². The van der Waals surface area contributed by atoms with Gasteiger partial charge in [-0.3, -0.25) is 9.59 Å². The summed E-state index contributed by atoms with van der Waals surface area (Å²) in [6.07, 6.45) is 3.66. The zero-order chi connectivity index (χ0) is 12.7. The molecule has 1 aliphatic carbocycles. The van der Waals surface area contributed by atoms with Gasteiger partial charge in [-0.15, -0.1) is 0 Å². The predicted molar refractivity (Wildman–Crippen MR) is 67.6 cm³/mol. The van der Waals surface area contributed by atoms with Crippen LogP contribution in [0.5, 0.6) is 0 Å². The molecule has 0 atom stereocenters. The van der Waals surface area contributed by atoms with Crippen molar-refractivity contribution in [3.63, 3.8) is 0 Å². The topological polar surface area (TPSA) is 83.6 Å². The Morgan fingerprint density at radius 1 is 1.41 bits per heavy atom. The maximum Gasteiger partial charge on any atom is 0.227 e. The number of rotatable bonds is 8. The summed E-state index contributed by atoms with van der Waals surface area (Å²) >= 11 is 1.38. The minimum absolute atomic E-state index is 0.0106. The molecule has 0 aliphatic heterocycles. The maximum absolute atomic E-state index is 11.9. The normalized spacial score (nSPS) is 15.4. The van der Waals surface area contributed by atoms with Crippen molar-refractivity contribution in [1.29, 1.82) is 0 Å². The molecule has 0 radical (unpaired) electrons. The minimum Gasteiger partial charge on any atom is -0.395 e. The van der Waals surface area contributed by atoms with E-state index in [0.29, 0.717) is 24.8 Å². The highest BCUT2D eigenvalue weighted by Crippen LogP contribution is 2.25. The highest BCUT2D eigenvalue weighted by Gasteiger charge is 2.27. The van der Waals surface area contributed by atoms with Crippen LogP contribution in [0.15, 0.2) is 0 Å². The van der Waals surface area contributed by atoms with Gasteiger partial charge in [-0.05, 0) is 19.3 Å². The molecule has 6 heteroatoms. The molecule has 0 aromatic rings. The number of aliphatic hydroxyl groups is 1. The lowest BCUT2D eigenvalue weighted by Crippen LogP contribution is -2.45. The first-order valence-electron chi connectivity index (χ1n) is 5.91. The number of thioether (sulfide) groups is 1. The Labute approximate surface area is 106 Å². The van der Waals surface area contributed by atoms with Crippen LogP contribution in [0.4, 0.5) is 0 Å². The Balaban J connectivity index is 2.24. The monoisotopic (exact) mass is 260 g/mol. The fourth-order valence-corrected chi connectivity index (χ4v) is 2.46. The largest absolute Gasteiger partial charge is 0.395 e. The molecule has 17 heavy (non-hydrogen) atoms. The molecule has 1 fully saturated rings. The second kappa shape index (κ2) is 7.55. The molecular weight excluding hydrogens is 240 g/mol. The molecule has 1 aliphatic rings. The van der Waals surface area contributed by atoms with E-state index in [9.17, 15) is 9.59 Å². The van der Waals surface area contributed by atoms with Crippen molar-refractivity contribution in [2.45, 2.75) is 31.7 Å². The number of nitrogens with zero attached hydrogens (tertiary/aromatic N) is 1. The molecule has 0 unspecified atom stereocenters. The number of amides is 2. The van der Waals surface area contributed by atoms with E-state index in [2.05, 4.69) is 0 Å². The molecule has 98 valence electrons. The average molecular weight is 260 g/mol. The third-order valence-electron chi connectivity index (χ3n) is 2.88. The molecule has 0 bridgehead atoms. The van der Waals surface area contributed by atoms with Crippen molar-refractivity contribution in [2.75, 3.05) is 24.7 Å². The first-order chi connectivity index (χ1) is 8.15. The van der Waals surface area contributed by atoms with Crippen LogP contribution in [0.1, 0.15) is 25.7 Å². The Morgan fingerprint density at radius 2 is 2.12 bits per heavy atom. The molecule has 2 amide bonds. The Kier molecular flexibility index (Phi) is 6.36. The van der Waals surface area contributed by atoms with Gasteiger partial charge in [0, 0.05) is 24.8 Å². The number of nitrogens with two attached hydrogens (primary N) is 1. The summed E-state index contributed by atoms with van der Waals surface area (Å²) in [6.45, 7) is 0.431. The van der Waals surface area contributed by atoms with Crippen molar-refractivity contribution in [2.24, 2.45) is 5.73 Å². The average Bonchev–Trinajstić information content (AvgIpc) is 2.20. The van der Waals surface area contributed by atoms with Crippen molar-refractivity contribution in [1.82, 2.24) is 4.90 Å². The van der Waals surface area contributed by atoms with Crippen LogP contribution in [-0.2, 0) is 9.59 Å². The number of primary amides is 1. The molecule has 0 aromatic heterocycles. The zero-order valence-corrected chi connectivity index (χ0v) is 10.7. The van der Waals surface area contributed by atoms with Gasteiger partial charge in [0.25, 0.3) is 0 Å². The summed E-state index contributed by atoms with van der Waals surface area (Å²) in [4.78, 5) is 24.2. The minimum atomic E-state index is -0.353. The maximum atomic E-state index is 11.9. The standard InChI is InChI=1S/C11H20N2O3S/c12-10(15)8-17-7-4-11(16)13(5-6-14)9-2-1-3-9/h9,14H,1-8H2,(H2,12,15). The van der Waals surface area contributed by atoms with Gasteiger partial charge in [-0.1, -0.05) is 0 Å².